The monoisotopic (exact) mass is 305 g/mol. The summed E-state index contributed by atoms with van der Waals surface area (Å²) in [4.78, 5) is 0. The van der Waals surface area contributed by atoms with Crippen molar-refractivity contribution in [2.75, 3.05) is 18.2 Å². The van der Waals surface area contributed by atoms with Gasteiger partial charge in [-0.05, 0) is 24.9 Å². The maximum atomic E-state index is 9.66. The van der Waals surface area contributed by atoms with Crippen molar-refractivity contribution in [3.05, 3.63) is 0 Å². The molecule has 112 valence electrons. The molecule has 0 heterocycles. The molecule has 0 atom stereocenters. The molecule has 9 heteroatoms. The third-order valence-electron chi connectivity index (χ3n) is 1.40. The fourth-order valence-electron chi connectivity index (χ4n) is 0.849. The van der Waals surface area contributed by atoms with E-state index < -0.39 is 25.3 Å². The third-order valence-corrected chi connectivity index (χ3v) is 3.79. The van der Waals surface area contributed by atoms with Crippen molar-refractivity contribution in [2.45, 2.75) is 27.7 Å². The third kappa shape index (κ3) is 24.8. The second-order valence-electron chi connectivity index (χ2n) is 4.73. The highest BCUT2D eigenvalue weighted by Crippen LogP contribution is 1.90. The lowest BCUT2D eigenvalue weighted by Crippen LogP contribution is -2.23. The molecule has 0 amide bonds. The predicted octanol–water partition coefficient (Wildman–Crippen LogP) is 0.608. The van der Waals surface area contributed by atoms with Crippen LogP contribution in [0.3, 0.4) is 0 Å². The van der Waals surface area contributed by atoms with Gasteiger partial charge in [0.25, 0.3) is 20.2 Å². The maximum Gasteiger partial charge on any atom is 0.281 e. The van der Waals surface area contributed by atoms with Crippen molar-refractivity contribution in [3.8, 4) is 0 Å². The zero-order valence-electron chi connectivity index (χ0n) is 11.1. The van der Waals surface area contributed by atoms with E-state index in [9.17, 15) is 16.8 Å². The van der Waals surface area contributed by atoms with Crippen LogP contribution in [0.5, 0.6) is 0 Å². The van der Waals surface area contributed by atoms with Crippen LogP contribution in [0, 0.1) is 11.8 Å². The van der Waals surface area contributed by atoms with Gasteiger partial charge in [0, 0.05) is 0 Å². The zero-order chi connectivity index (χ0) is 15.0. The summed E-state index contributed by atoms with van der Waals surface area (Å²) >= 11 is 0. The Kier molecular flexibility index (Phi) is 9.84. The van der Waals surface area contributed by atoms with Crippen LogP contribution in [0.25, 0.3) is 0 Å². The smallest absolute Gasteiger partial charge is 0.281 e. The van der Waals surface area contributed by atoms with E-state index in [0.29, 0.717) is 0 Å². The first-order valence-corrected chi connectivity index (χ1v) is 8.66. The van der Waals surface area contributed by atoms with E-state index in [2.05, 4.69) is 33.0 Å². The fourth-order valence-corrected chi connectivity index (χ4v) is 2.35. The first kappa shape index (κ1) is 20.1. The Morgan fingerprint density at radius 1 is 0.833 bits per heavy atom. The summed E-state index contributed by atoms with van der Waals surface area (Å²) in [5.74, 6) is 1.56. The molecular weight excluding hydrogens is 282 g/mol. The highest BCUT2D eigenvalue weighted by Gasteiger charge is 2.15. The molecular formula is C9H23NO6S2. The van der Waals surface area contributed by atoms with E-state index in [1.807, 2.05) is 0 Å². The van der Waals surface area contributed by atoms with Crippen molar-refractivity contribution in [1.29, 1.82) is 0 Å². The van der Waals surface area contributed by atoms with Gasteiger partial charge in [0.15, 0.2) is 0 Å². The second kappa shape index (κ2) is 8.81. The minimum absolute atomic E-state index is 0.781. The average Bonchev–Trinajstić information content (AvgIpc) is 1.95. The molecule has 18 heavy (non-hydrogen) atoms. The van der Waals surface area contributed by atoms with Gasteiger partial charge in [-0.2, -0.15) is 16.8 Å². The van der Waals surface area contributed by atoms with Gasteiger partial charge < -0.3 is 5.32 Å². The van der Waals surface area contributed by atoms with Crippen molar-refractivity contribution < 1.29 is 25.9 Å². The normalized spacial score (nSPS) is 12.4. The molecule has 0 saturated carbocycles. The molecule has 0 spiro atoms. The minimum Gasteiger partial charge on any atom is -0.316 e. The lowest BCUT2D eigenvalue weighted by molar-refractivity contribution is 0.471. The Morgan fingerprint density at radius 2 is 1.11 bits per heavy atom. The Hall–Kier alpha value is -0.220. The summed E-state index contributed by atoms with van der Waals surface area (Å²) in [6.07, 6.45) is 0. The largest absolute Gasteiger partial charge is 0.316 e. The van der Waals surface area contributed by atoms with Gasteiger partial charge in [-0.25, -0.2) is 0 Å². The topological polar surface area (TPSA) is 121 Å². The summed E-state index contributed by atoms with van der Waals surface area (Å²) in [6.45, 7) is 11.2. The molecule has 0 unspecified atom stereocenters. The molecule has 0 aromatic carbocycles. The summed E-state index contributed by atoms with van der Waals surface area (Å²) in [7, 11) is -9.24. The Morgan fingerprint density at radius 3 is 1.22 bits per heavy atom. The van der Waals surface area contributed by atoms with E-state index in [-0.39, 0.29) is 0 Å². The first-order chi connectivity index (χ1) is 7.83. The van der Waals surface area contributed by atoms with Gasteiger partial charge in [-0.1, -0.05) is 27.7 Å². The number of nitrogens with one attached hydrogen (secondary N) is 1. The molecule has 3 N–H and O–H groups in total. The molecule has 0 saturated heterocycles. The molecule has 0 aliphatic carbocycles. The van der Waals surface area contributed by atoms with Crippen LogP contribution in [0.1, 0.15) is 27.7 Å². The second-order valence-corrected chi connectivity index (χ2v) is 8.00. The van der Waals surface area contributed by atoms with E-state index in [1.165, 1.54) is 0 Å². The van der Waals surface area contributed by atoms with Crippen LogP contribution >= 0.6 is 0 Å². The zero-order valence-corrected chi connectivity index (χ0v) is 12.8. The molecule has 0 radical (unpaired) electrons. The molecule has 0 fully saturated rings. The predicted molar refractivity (Wildman–Crippen MR) is 70.5 cm³/mol. The van der Waals surface area contributed by atoms with Crippen molar-refractivity contribution in [3.63, 3.8) is 0 Å². The van der Waals surface area contributed by atoms with Crippen LogP contribution in [0.15, 0.2) is 0 Å². The molecule has 0 aromatic rings. The van der Waals surface area contributed by atoms with Crippen molar-refractivity contribution in [1.82, 2.24) is 5.32 Å². The standard InChI is InChI=1S/C8H19N.CH4O6S2/c1-7(2)5-9-6-8(3)4;2-8(3,4)1-9(5,6)7/h7-9H,5-6H2,1-4H3;1H2,(H,2,3,4)(H,5,6,7). The number of hydrogen-bond acceptors (Lipinski definition) is 5. The average molecular weight is 305 g/mol. The number of rotatable bonds is 6. The highest BCUT2D eigenvalue weighted by molar-refractivity contribution is 8.02. The van der Waals surface area contributed by atoms with Crippen LogP contribution < -0.4 is 5.32 Å². The minimum atomic E-state index is -4.62. The van der Waals surface area contributed by atoms with Crippen LogP contribution in [-0.4, -0.2) is 44.1 Å². The van der Waals surface area contributed by atoms with Gasteiger partial charge in [0.1, 0.15) is 0 Å². The van der Waals surface area contributed by atoms with Crippen molar-refractivity contribution in [2.24, 2.45) is 11.8 Å². The van der Waals surface area contributed by atoms with Gasteiger partial charge >= 0.3 is 0 Å². The van der Waals surface area contributed by atoms with E-state index in [1.54, 1.807) is 0 Å². The van der Waals surface area contributed by atoms with Crippen LogP contribution in [0.4, 0.5) is 0 Å². The number of hydrogen-bond donors (Lipinski definition) is 3. The lowest BCUT2D eigenvalue weighted by Gasteiger charge is -2.08. The summed E-state index contributed by atoms with van der Waals surface area (Å²) in [6, 6.07) is 0. The fraction of sp³-hybridized carbons (Fsp3) is 1.00. The molecule has 0 aromatic heterocycles. The summed E-state index contributed by atoms with van der Waals surface area (Å²) < 4.78 is 54.2. The summed E-state index contributed by atoms with van der Waals surface area (Å²) in [5, 5.41) is 1.73. The molecule has 0 bridgehead atoms. The maximum absolute atomic E-state index is 9.66. The van der Waals surface area contributed by atoms with Gasteiger partial charge in [0.05, 0.1) is 0 Å². The van der Waals surface area contributed by atoms with Gasteiger partial charge in [-0.15, -0.1) is 0 Å². The quantitative estimate of drug-likeness (QED) is 0.615. The molecule has 0 aliphatic rings. The lowest BCUT2D eigenvalue weighted by atomic mass is 10.2. The Bertz CT molecular complexity index is 361. The summed E-state index contributed by atoms with van der Waals surface area (Å²) in [5.41, 5.74) is 0. The molecule has 0 aliphatic heterocycles. The Balaban J connectivity index is 0. The first-order valence-electron chi connectivity index (χ1n) is 5.44. The van der Waals surface area contributed by atoms with E-state index in [4.69, 9.17) is 9.11 Å². The van der Waals surface area contributed by atoms with E-state index >= 15 is 0 Å². The van der Waals surface area contributed by atoms with E-state index in [0.717, 1.165) is 24.9 Å². The highest BCUT2D eigenvalue weighted by atomic mass is 32.3. The molecule has 7 nitrogen and oxygen atoms in total. The van der Waals surface area contributed by atoms with Crippen molar-refractivity contribution >= 4 is 20.2 Å². The molecule has 0 rings (SSSR count). The van der Waals surface area contributed by atoms with Gasteiger partial charge in [-0.3, -0.25) is 9.11 Å². The Labute approximate surface area is 109 Å². The van der Waals surface area contributed by atoms with Crippen LogP contribution in [-0.2, 0) is 20.2 Å². The van der Waals surface area contributed by atoms with Crippen LogP contribution in [0.2, 0.25) is 0 Å². The van der Waals surface area contributed by atoms with Gasteiger partial charge in [0.2, 0.25) is 5.08 Å². The SMILES string of the molecule is CC(C)CNCC(C)C.O=S(=O)(O)CS(=O)(=O)O.